The molecule has 0 saturated carbocycles. The number of nitrogens with one attached hydrogen (secondary N) is 1. The molecule has 1 aliphatic rings. The van der Waals surface area contributed by atoms with Crippen LogP contribution >= 0.6 is 0 Å². The fourth-order valence-corrected chi connectivity index (χ4v) is 2.89. The number of hydrogen-bond donors (Lipinski definition) is 1. The minimum atomic E-state index is -0.281. The minimum Gasteiger partial charge on any atom is -0.357 e. The molecule has 0 aliphatic carbocycles. The molecule has 1 aliphatic heterocycles. The maximum absolute atomic E-state index is 13.1. The summed E-state index contributed by atoms with van der Waals surface area (Å²) in [7, 11) is 0. The highest BCUT2D eigenvalue weighted by Crippen LogP contribution is 2.11. The van der Waals surface area contributed by atoms with Gasteiger partial charge in [-0.1, -0.05) is 12.1 Å². The Morgan fingerprint density at radius 2 is 1.79 bits per heavy atom. The van der Waals surface area contributed by atoms with Gasteiger partial charge in [0.15, 0.2) is 0 Å². The zero-order valence-corrected chi connectivity index (χ0v) is 13.4. The smallest absolute Gasteiger partial charge is 0.270 e. The molecule has 1 saturated heterocycles. The fraction of sp³-hybridized carbons (Fsp3) is 0.333. The summed E-state index contributed by atoms with van der Waals surface area (Å²) in [5.41, 5.74) is 1.39. The zero-order chi connectivity index (χ0) is 16.9. The van der Waals surface area contributed by atoms with Crippen molar-refractivity contribution in [3.05, 3.63) is 59.7 Å². The maximum atomic E-state index is 13.1. The highest BCUT2D eigenvalue weighted by molar-refractivity contribution is 5.92. The van der Waals surface area contributed by atoms with Crippen LogP contribution in [0.15, 0.2) is 42.6 Å². The number of aromatic amines is 1. The zero-order valence-electron chi connectivity index (χ0n) is 13.4. The molecular formula is C18H20FN3O2. The Morgan fingerprint density at radius 3 is 2.46 bits per heavy atom. The van der Waals surface area contributed by atoms with E-state index in [2.05, 4.69) is 4.98 Å². The van der Waals surface area contributed by atoms with Crippen molar-refractivity contribution in [1.82, 2.24) is 14.8 Å². The van der Waals surface area contributed by atoms with Crippen LogP contribution < -0.4 is 0 Å². The number of aromatic nitrogens is 1. The summed E-state index contributed by atoms with van der Waals surface area (Å²) >= 11 is 0. The Labute approximate surface area is 140 Å². The highest BCUT2D eigenvalue weighted by Gasteiger charge is 2.24. The Balaban J connectivity index is 1.47. The summed E-state index contributed by atoms with van der Waals surface area (Å²) in [6.45, 7) is 2.13. The van der Waals surface area contributed by atoms with Crippen LogP contribution in [-0.4, -0.2) is 52.8 Å². The number of benzene rings is 1. The molecule has 0 spiro atoms. The lowest BCUT2D eigenvalue weighted by atomic mass is 10.1. The minimum absolute atomic E-state index is 0.0353. The summed E-state index contributed by atoms with van der Waals surface area (Å²) in [5.74, 6) is -0.269. The first-order valence-corrected chi connectivity index (χ1v) is 8.08. The van der Waals surface area contributed by atoms with Gasteiger partial charge in [-0.2, -0.15) is 0 Å². The van der Waals surface area contributed by atoms with Crippen molar-refractivity contribution >= 4 is 11.8 Å². The topological polar surface area (TPSA) is 56.4 Å². The third kappa shape index (κ3) is 3.82. The van der Waals surface area contributed by atoms with Crippen LogP contribution in [0.25, 0.3) is 0 Å². The molecule has 0 bridgehead atoms. The molecule has 126 valence electrons. The van der Waals surface area contributed by atoms with Gasteiger partial charge in [-0.05, 0) is 36.2 Å². The van der Waals surface area contributed by atoms with E-state index in [1.54, 1.807) is 34.2 Å². The van der Waals surface area contributed by atoms with Crippen molar-refractivity contribution in [3.8, 4) is 0 Å². The van der Waals surface area contributed by atoms with Crippen LogP contribution in [0.1, 0.15) is 22.5 Å². The van der Waals surface area contributed by atoms with Crippen LogP contribution in [0.2, 0.25) is 0 Å². The van der Waals surface area contributed by atoms with E-state index in [0.29, 0.717) is 44.7 Å². The first-order chi connectivity index (χ1) is 11.6. The van der Waals surface area contributed by atoms with Crippen molar-refractivity contribution in [3.63, 3.8) is 0 Å². The van der Waals surface area contributed by atoms with Crippen LogP contribution in [0.4, 0.5) is 4.39 Å². The van der Waals surface area contributed by atoms with Crippen LogP contribution in [-0.2, 0) is 11.2 Å². The predicted molar refractivity (Wildman–Crippen MR) is 88.0 cm³/mol. The summed E-state index contributed by atoms with van der Waals surface area (Å²) in [5, 5.41) is 0. The van der Waals surface area contributed by atoms with Gasteiger partial charge >= 0.3 is 0 Å². The summed E-state index contributed by atoms with van der Waals surface area (Å²) in [6, 6.07) is 9.87. The number of amides is 2. The first kappa shape index (κ1) is 16.2. The van der Waals surface area contributed by atoms with Crippen molar-refractivity contribution in [2.45, 2.75) is 12.8 Å². The van der Waals surface area contributed by atoms with Crippen molar-refractivity contribution in [1.29, 1.82) is 0 Å². The van der Waals surface area contributed by atoms with Crippen molar-refractivity contribution in [2.75, 3.05) is 26.2 Å². The van der Waals surface area contributed by atoms with Crippen LogP contribution in [0.3, 0.4) is 0 Å². The average molecular weight is 329 g/mol. The van der Waals surface area contributed by atoms with E-state index in [1.807, 2.05) is 6.07 Å². The van der Waals surface area contributed by atoms with Gasteiger partial charge in [0.25, 0.3) is 5.91 Å². The lowest BCUT2D eigenvalue weighted by Crippen LogP contribution is -2.50. The van der Waals surface area contributed by atoms with E-state index < -0.39 is 0 Å². The fourth-order valence-electron chi connectivity index (χ4n) is 2.89. The number of halogens is 1. The van der Waals surface area contributed by atoms with E-state index in [-0.39, 0.29) is 17.6 Å². The number of H-pyrrole nitrogens is 1. The van der Waals surface area contributed by atoms with Gasteiger partial charge in [0.2, 0.25) is 5.91 Å². The average Bonchev–Trinajstić information content (AvgIpc) is 3.14. The molecule has 6 heteroatoms. The van der Waals surface area contributed by atoms with Gasteiger partial charge in [0.1, 0.15) is 11.5 Å². The lowest BCUT2D eigenvalue weighted by Gasteiger charge is -2.34. The van der Waals surface area contributed by atoms with Crippen molar-refractivity contribution < 1.29 is 14.0 Å². The Morgan fingerprint density at radius 1 is 1.04 bits per heavy atom. The molecule has 1 N–H and O–H groups in total. The second-order valence-electron chi connectivity index (χ2n) is 5.89. The van der Waals surface area contributed by atoms with E-state index in [0.717, 1.165) is 5.56 Å². The molecule has 3 rings (SSSR count). The maximum Gasteiger partial charge on any atom is 0.270 e. The second-order valence-corrected chi connectivity index (χ2v) is 5.89. The standard InChI is InChI=1S/C18H20FN3O2/c19-15-4-1-3-14(13-15)6-7-17(23)21-9-11-22(12-10-21)18(24)16-5-2-8-20-16/h1-5,8,13,20H,6-7,9-12H2. The van der Waals surface area contributed by atoms with Gasteiger partial charge in [-0.3, -0.25) is 9.59 Å². The first-order valence-electron chi connectivity index (χ1n) is 8.08. The van der Waals surface area contributed by atoms with E-state index >= 15 is 0 Å². The van der Waals surface area contributed by atoms with Crippen molar-refractivity contribution in [2.24, 2.45) is 0 Å². The molecular weight excluding hydrogens is 309 g/mol. The molecule has 24 heavy (non-hydrogen) atoms. The van der Waals surface area contributed by atoms with Gasteiger partial charge in [-0.25, -0.2) is 4.39 Å². The Kier molecular flexibility index (Phi) is 4.93. The van der Waals surface area contributed by atoms with E-state index in [9.17, 15) is 14.0 Å². The molecule has 1 aromatic carbocycles. The van der Waals surface area contributed by atoms with Gasteiger partial charge < -0.3 is 14.8 Å². The molecule has 2 heterocycles. The quantitative estimate of drug-likeness (QED) is 0.934. The molecule has 0 atom stereocenters. The summed E-state index contributed by atoms with van der Waals surface area (Å²) in [4.78, 5) is 31.0. The largest absolute Gasteiger partial charge is 0.357 e. The third-order valence-electron chi connectivity index (χ3n) is 4.26. The van der Waals surface area contributed by atoms with Crippen LogP contribution in [0.5, 0.6) is 0 Å². The molecule has 1 fully saturated rings. The number of carbonyl (C=O) groups is 2. The number of aryl methyl sites for hydroxylation is 1. The molecule has 2 amide bonds. The highest BCUT2D eigenvalue weighted by atomic mass is 19.1. The number of hydrogen-bond acceptors (Lipinski definition) is 2. The summed E-state index contributed by atoms with van der Waals surface area (Å²) < 4.78 is 13.1. The van der Waals surface area contributed by atoms with Gasteiger partial charge in [-0.15, -0.1) is 0 Å². The molecule has 0 radical (unpaired) electrons. The number of nitrogens with zero attached hydrogens (tertiary/aromatic N) is 2. The molecule has 0 unspecified atom stereocenters. The number of carbonyl (C=O) groups excluding carboxylic acids is 2. The molecule has 2 aromatic rings. The molecule has 1 aromatic heterocycles. The predicted octanol–water partition coefficient (Wildman–Crippen LogP) is 2.07. The number of piperazine rings is 1. The summed E-state index contributed by atoms with van der Waals surface area (Å²) in [6.07, 6.45) is 2.60. The van der Waals surface area contributed by atoms with Gasteiger partial charge in [0.05, 0.1) is 0 Å². The normalized spacial score (nSPS) is 14.7. The number of rotatable bonds is 4. The monoisotopic (exact) mass is 329 g/mol. The second kappa shape index (κ2) is 7.29. The third-order valence-corrected chi connectivity index (χ3v) is 4.26. The molecule has 5 nitrogen and oxygen atoms in total. The van der Waals surface area contributed by atoms with E-state index in [1.165, 1.54) is 12.1 Å². The SMILES string of the molecule is O=C(CCc1cccc(F)c1)N1CCN(C(=O)c2ccc[nH]2)CC1. The lowest BCUT2D eigenvalue weighted by molar-refractivity contribution is -0.132. The van der Waals surface area contributed by atoms with Crippen LogP contribution in [0, 0.1) is 5.82 Å². The Bertz CT molecular complexity index is 707. The Hall–Kier alpha value is -2.63. The van der Waals surface area contributed by atoms with Gasteiger partial charge in [0, 0.05) is 38.8 Å². The van der Waals surface area contributed by atoms with E-state index in [4.69, 9.17) is 0 Å².